The predicted molar refractivity (Wildman–Crippen MR) is 48.0 cm³/mol. The van der Waals surface area contributed by atoms with Crippen molar-refractivity contribution in [3.8, 4) is 23.8 Å². The first kappa shape index (κ1) is 9.14. The summed E-state index contributed by atoms with van der Waals surface area (Å²) in [4.78, 5) is 10.5. The molecular formula is C10H8O3. The second kappa shape index (κ2) is 3.63. The minimum Gasteiger partial charge on any atom is -0.504 e. The van der Waals surface area contributed by atoms with E-state index in [4.69, 9.17) is 11.2 Å². The molecule has 0 bridgehead atoms. The standard InChI is InChI=1S/C10H8O3/c1-3-7-5-10(13-2)9(12)4-8(7)6-11/h1,4-6,12H,2H3. The number of methoxy groups -OCH3 is 1. The molecule has 0 aliphatic carbocycles. The first-order valence-corrected chi connectivity index (χ1v) is 3.55. The van der Waals surface area contributed by atoms with E-state index < -0.39 is 0 Å². The summed E-state index contributed by atoms with van der Waals surface area (Å²) in [5.74, 6) is 2.49. The molecule has 0 amide bonds. The molecule has 3 heteroatoms. The number of aromatic hydroxyl groups is 1. The highest BCUT2D eigenvalue weighted by atomic mass is 16.5. The van der Waals surface area contributed by atoms with Crippen LogP contribution in [0.25, 0.3) is 0 Å². The summed E-state index contributed by atoms with van der Waals surface area (Å²) in [5.41, 5.74) is 0.686. The Labute approximate surface area is 76.0 Å². The molecule has 0 spiro atoms. The van der Waals surface area contributed by atoms with Gasteiger partial charge in [0.05, 0.1) is 7.11 Å². The van der Waals surface area contributed by atoms with E-state index in [2.05, 4.69) is 5.92 Å². The summed E-state index contributed by atoms with van der Waals surface area (Å²) >= 11 is 0. The number of terminal acetylenes is 1. The van der Waals surface area contributed by atoms with E-state index >= 15 is 0 Å². The van der Waals surface area contributed by atoms with Crippen molar-refractivity contribution in [3.05, 3.63) is 23.3 Å². The van der Waals surface area contributed by atoms with E-state index in [1.165, 1.54) is 19.2 Å². The summed E-state index contributed by atoms with van der Waals surface area (Å²) in [6.07, 6.45) is 5.75. The molecule has 1 aromatic rings. The van der Waals surface area contributed by atoms with Gasteiger partial charge in [0, 0.05) is 17.2 Å². The molecule has 66 valence electrons. The highest BCUT2D eigenvalue weighted by Gasteiger charge is 2.06. The number of phenolic OH excluding ortho intramolecular Hbond substituents is 1. The molecule has 0 saturated heterocycles. The lowest BCUT2D eigenvalue weighted by Crippen LogP contribution is -1.90. The fourth-order valence-corrected chi connectivity index (χ4v) is 0.971. The Morgan fingerprint density at radius 1 is 1.62 bits per heavy atom. The van der Waals surface area contributed by atoms with Crippen LogP contribution in [0.1, 0.15) is 15.9 Å². The summed E-state index contributed by atoms with van der Waals surface area (Å²) in [6.45, 7) is 0. The van der Waals surface area contributed by atoms with E-state index in [0.29, 0.717) is 11.8 Å². The molecule has 0 atom stereocenters. The molecule has 13 heavy (non-hydrogen) atoms. The molecule has 0 heterocycles. The van der Waals surface area contributed by atoms with Gasteiger partial charge in [-0.05, 0) is 6.07 Å². The Balaban J connectivity index is 3.36. The smallest absolute Gasteiger partial charge is 0.161 e. The third-order valence-electron chi connectivity index (χ3n) is 1.63. The summed E-state index contributed by atoms with van der Waals surface area (Å²) in [7, 11) is 1.41. The number of hydrogen-bond acceptors (Lipinski definition) is 3. The van der Waals surface area contributed by atoms with Crippen molar-refractivity contribution >= 4 is 6.29 Å². The van der Waals surface area contributed by atoms with Gasteiger partial charge in [-0.25, -0.2) is 0 Å². The number of carbonyl (C=O) groups excluding carboxylic acids is 1. The van der Waals surface area contributed by atoms with Crippen molar-refractivity contribution in [1.29, 1.82) is 0 Å². The van der Waals surface area contributed by atoms with Gasteiger partial charge in [-0.1, -0.05) is 5.92 Å². The maximum absolute atomic E-state index is 10.5. The number of rotatable bonds is 2. The van der Waals surface area contributed by atoms with Crippen molar-refractivity contribution < 1.29 is 14.6 Å². The largest absolute Gasteiger partial charge is 0.504 e. The SMILES string of the molecule is C#Cc1cc(OC)c(O)cc1C=O. The minimum atomic E-state index is -0.0939. The van der Waals surface area contributed by atoms with Gasteiger partial charge in [0.25, 0.3) is 0 Å². The lowest BCUT2D eigenvalue weighted by Gasteiger charge is -2.04. The fraction of sp³-hybridized carbons (Fsp3) is 0.100. The molecule has 1 N–H and O–H groups in total. The molecule has 0 fully saturated rings. The van der Waals surface area contributed by atoms with E-state index in [-0.39, 0.29) is 17.1 Å². The third-order valence-corrected chi connectivity index (χ3v) is 1.63. The number of carbonyl (C=O) groups is 1. The van der Waals surface area contributed by atoms with Gasteiger partial charge in [0.1, 0.15) is 0 Å². The highest BCUT2D eigenvalue weighted by Crippen LogP contribution is 2.28. The van der Waals surface area contributed by atoms with E-state index in [9.17, 15) is 9.90 Å². The predicted octanol–water partition coefficient (Wildman–Crippen LogP) is 1.19. The second-order valence-electron chi connectivity index (χ2n) is 2.37. The Morgan fingerprint density at radius 2 is 2.31 bits per heavy atom. The molecule has 3 nitrogen and oxygen atoms in total. The van der Waals surface area contributed by atoms with Crippen molar-refractivity contribution in [3.63, 3.8) is 0 Å². The summed E-state index contributed by atoms with van der Waals surface area (Å²) in [6, 6.07) is 2.72. The number of benzene rings is 1. The van der Waals surface area contributed by atoms with Crippen LogP contribution in [0.2, 0.25) is 0 Å². The zero-order valence-corrected chi connectivity index (χ0v) is 7.07. The molecule has 0 saturated carbocycles. The Hall–Kier alpha value is -1.95. The molecule has 0 aromatic heterocycles. The first-order chi connectivity index (χ1) is 6.22. The molecular weight excluding hydrogens is 168 g/mol. The van der Waals surface area contributed by atoms with Crippen LogP contribution in [0.15, 0.2) is 12.1 Å². The summed E-state index contributed by atoms with van der Waals surface area (Å²) < 4.78 is 4.83. The van der Waals surface area contributed by atoms with Crippen LogP contribution in [0.4, 0.5) is 0 Å². The quantitative estimate of drug-likeness (QED) is 0.544. The van der Waals surface area contributed by atoms with Gasteiger partial charge in [-0.2, -0.15) is 0 Å². The van der Waals surface area contributed by atoms with Gasteiger partial charge in [0.15, 0.2) is 17.8 Å². The van der Waals surface area contributed by atoms with Crippen molar-refractivity contribution in [1.82, 2.24) is 0 Å². The molecule has 0 unspecified atom stereocenters. The lowest BCUT2D eigenvalue weighted by molar-refractivity contribution is 0.112. The van der Waals surface area contributed by atoms with Crippen LogP contribution in [-0.4, -0.2) is 18.5 Å². The first-order valence-electron chi connectivity index (χ1n) is 3.55. The Kier molecular flexibility index (Phi) is 2.56. The lowest BCUT2D eigenvalue weighted by atomic mass is 10.1. The van der Waals surface area contributed by atoms with Crippen molar-refractivity contribution in [2.45, 2.75) is 0 Å². The van der Waals surface area contributed by atoms with Gasteiger partial charge in [-0.15, -0.1) is 6.42 Å². The molecule has 0 aliphatic heterocycles. The van der Waals surface area contributed by atoms with Crippen LogP contribution < -0.4 is 4.74 Å². The molecule has 1 aromatic carbocycles. The van der Waals surface area contributed by atoms with Gasteiger partial charge in [-0.3, -0.25) is 4.79 Å². The number of hydrogen-bond donors (Lipinski definition) is 1. The van der Waals surface area contributed by atoms with Crippen LogP contribution in [0, 0.1) is 12.3 Å². The molecule has 0 aliphatic rings. The zero-order valence-electron chi connectivity index (χ0n) is 7.07. The topological polar surface area (TPSA) is 46.5 Å². The van der Waals surface area contributed by atoms with E-state index in [1.807, 2.05) is 0 Å². The van der Waals surface area contributed by atoms with E-state index in [0.717, 1.165) is 0 Å². The Morgan fingerprint density at radius 3 is 2.77 bits per heavy atom. The third kappa shape index (κ3) is 1.62. The highest BCUT2D eigenvalue weighted by molar-refractivity contribution is 5.81. The van der Waals surface area contributed by atoms with Crippen LogP contribution in [0.3, 0.4) is 0 Å². The second-order valence-corrected chi connectivity index (χ2v) is 2.37. The normalized spacial score (nSPS) is 8.92. The monoisotopic (exact) mass is 176 g/mol. The number of aldehydes is 1. The maximum atomic E-state index is 10.5. The number of phenols is 1. The summed E-state index contributed by atoms with van der Waals surface area (Å²) in [5, 5.41) is 9.29. The van der Waals surface area contributed by atoms with Crippen molar-refractivity contribution in [2.75, 3.05) is 7.11 Å². The zero-order chi connectivity index (χ0) is 9.84. The van der Waals surface area contributed by atoms with Gasteiger partial charge >= 0.3 is 0 Å². The number of ether oxygens (including phenoxy) is 1. The average Bonchev–Trinajstić information content (AvgIpc) is 2.17. The van der Waals surface area contributed by atoms with Gasteiger partial charge in [0.2, 0.25) is 0 Å². The van der Waals surface area contributed by atoms with Crippen molar-refractivity contribution in [2.24, 2.45) is 0 Å². The van der Waals surface area contributed by atoms with Crippen LogP contribution in [-0.2, 0) is 0 Å². The fourth-order valence-electron chi connectivity index (χ4n) is 0.971. The van der Waals surface area contributed by atoms with Gasteiger partial charge < -0.3 is 9.84 Å². The van der Waals surface area contributed by atoms with E-state index in [1.54, 1.807) is 0 Å². The van der Waals surface area contributed by atoms with Crippen LogP contribution in [0.5, 0.6) is 11.5 Å². The average molecular weight is 176 g/mol. The Bertz CT molecular complexity index is 374. The van der Waals surface area contributed by atoms with Crippen LogP contribution >= 0.6 is 0 Å². The minimum absolute atomic E-state index is 0.0939. The molecule has 1 rings (SSSR count). The molecule has 0 radical (unpaired) electrons. The maximum Gasteiger partial charge on any atom is 0.161 e.